The number of fused-ring (bicyclic) bond motifs is 2. The first-order valence-corrected chi connectivity index (χ1v) is 15.7. The zero-order valence-electron chi connectivity index (χ0n) is 27.0. The monoisotopic (exact) mass is 736 g/mol. The Kier molecular flexibility index (Phi) is 9.94. The van der Waals surface area contributed by atoms with Gasteiger partial charge in [-0.1, -0.05) is 36.4 Å². The van der Waals surface area contributed by atoms with E-state index in [9.17, 15) is 60.7 Å². The lowest BCUT2D eigenvalue weighted by Gasteiger charge is -2.38. The molecule has 7 rings (SSSR count). The van der Waals surface area contributed by atoms with Crippen LogP contribution in [-0.2, 0) is 16.0 Å². The van der Waals surface area contributed by atoms with Crippen molar-refractivity contribution in [1.82, 2.24) is 0 Å². The maximum Gasteiger partial charge on any atom is 0.335 e. The molecule has 0 saturated carbocycles. The lowest BCUT2D eigenvalue weighted by molar-refractivity contribution is -0.271. The van der Waals surface area contributed by atoms with E-state index in [4.69, 9.17) is 23.7 Å². The van der Waals surface area contributed by atoms with Gasteiger partial charge in [0.15, 0.2) is 34.5 Å². The van der Waals surface area contributed by atoms with E-state index in [1.165, 1.54) is 30.3 Å². The van der Waals surface area contributed by atoms with Crippen LogP contribution in [-0.4, -0.2) is 99.0 Å². The standard InChI is InChI=1S/C21H18O11.C15H14O6/c22-9-6-10(8-4-2-1-3-5-8)30-11-7-12(14(23)15(24)13(9)11)31-21-18(27)16(25)17(26)19(32-21)20(28)29;16-8-4-11(18)9-6-13(20)15(21-14(9)5-8)7-1-2-10(17)12(19)3-7/h1-7,16-19,21,23-27H,(H,28,29);1-5,13,15-20H,6H2/t16-,17-,18+,19-,21+;13-,15+/m00/s1. The van der Waals surface area contributed by atoms with Gasteiger partial charge in [-0.15, -0.1) is 0 Å². The number of benzene rings is 4. The number of aliphatic hydroxyl groups excluding tert-OH is 4. The number of phenolic OH excluding ortho intramolecular Hbond substituents is 6. The first kappa shape index (κ1) is 36.5. The number of aromatic hydroxyl groups is 6. The number of carboxylic acid groups (broad SMARTS) is 1. The molecule has 1 aromatic heterocycles. The Morgan fingerprint density at radius 2 is 1.47 bits per heavy atom. The number of carboxylic acids is 1. The largest absolute Gasteiger partial charge is 0.508 e. The molecule has 1 fully saturated rings. The van der Waals surface area contributed by atoms with Crippen molar-refractivity contribution in [3.8, 4) is 57.3 Å². The van der Waals surface area contributed by atoms with Crippen molar-refractivity contribution in [2.24, 2.45) is 0 Å². The number of hydrogen-bond acceptors (Lipinski definition) is 16. The van der Waals surface area contributed by atoms with E-state index in [0.717, 1.165) is 12.1 Å². The summed E-state index contributed by atoms with van der Waals surface area (Å²) in [6.45, 7) is 0. The van der Waals surface area contributed by atoms with Gasteiger partial charge in [0.2, 0.25) is 12.0 Å². The van der Waals surface area contributed by atoms with Crippen molar-refractivity contribution in [2.45, 2.75) is 49.3 Å². The highest BCUT2D eigenvalue weighted by Crippen LogP contribution is 2.44. The summed E-state index contributed by atoms with van der Waals surface area (Å²) >= 11 is 0. The van der Waals surface area contributed by atoms with Gasteiger partial charge in [-0.3, -0.25) is 4.79 Å². The molecule has 11 N–H and O–H groups in total. The Balaban J connectivity index is 0.000000198. The van der Waals surface area contributed by atoms with Gasteiger partial charge in [0.25, 0.3) is 0 Å². The molecule has 17 nitrogen and oxygen atoms in total. The summed E-state index contributed by atoms with van der Waals surface area (Å²) in [4.78, 5) is 23.8. The van der Waals surface area contributed by atoms with Gasteiger partial charge < -0.3 is 74.8 Å². The highest BCUT2D eigenvalue weighted by Gasteiger charge is 2.48. The zero-order valence-corrected chi connectivity index (χ0v) is 27.0. The summed E-state index contributed by atoms with van der Waals surface area (Å²) in [6.07, 6.45) is -11.1. The highest BCUT2D eigenvalue weighted by molar-refractivity contribution is 5.89. The van der Waals surface area contributed by atoms with Crippen LogP contribution in [0.4, 0.5) is 0 Å². The van der Waals surface area contributed by atoms with Gasteiger partial charge in [0, 0.05) is 41.8 Å². The number of aliphatic carboxylic acids is 1. The average molecular weight is 737 g/mol. The minimum atomic E-state index is -1.94. The van der Waals surface area contributed by atoms with Crippen LogP contribution < -0.4 is 14.9 Å². The molecule has 2 aliphatic heterocycles. The van der Waals surface area contributed by atoms with Crippen LogP contribution in [0.5, 0.6) is 46.0 Å². The molecule has 0 bridgehead atoms. The molecule has 2 aliphatic rings. The number of carbonyl (C=O) groups is 1. The van der Waals surface area contributed by atoms with Crippen LogP contribution in [0.15, 0.2) is 82.0 Å². The van der Waals surface area contributed by atoms with Gasteiger partial charge in [-0.05, 0) is 17.7 Å². The van der Waals surface area contributed by atoms with E-state index in [1.54, 1.807) is 30.3 Å². The number of hydrogen-bond donors (Lipinski definition) is 11. The third-order valence-electron chi connectivity index (χ3n) is 8.56. The van der Waals surface area contributed by atoms with Crippen molar-refractivity contribution >= 4 is 16.9 Å². The number of rotatable bonds is 5. The highest BCUT2D eigenvalue weighted by atomic mass is 16.7. The van der Waals surface area contributed by atoms with Crippen molar-refractivity contribution in [1.29, 1.82) is 0 Å². The third-order valence-corrected chi connectivity index (χ3v) is 8.56. The molecule has 7 atom stereocenters. The summed E-state index contributed by atoms with van der Waals surface area (Å²) < 4.78 is 21.6. The van der Waals surface area contributed by atoms with Crippen LogP contribution in [0.2, 0.25) is 0 Å². The minimum absolute atomic E-state index is 0.143. The summed E-state index contributed by atoms with van der Waals surface area (Å²) in [6, 6.07) is 17.4. The quantitative estimate of drug-likeness (QED) is 0.114. The molecule has 4 aromatic carbocycles. The van der Waals surface area contributed by atoms with Gasteiger partial charge >= 0.3 is 5.97 Å². The molecule has 5 aromatic rings. The summed E-state index contributed by atoms with van der Waals surface area (Å²) in [5.41, 5.74) is 0.630. The van der Waals surface area contributed by atoms with Gasteiger partial charge in [0.1, 0.15) is 58.4 Å². The van der Waals surface area contributed by atoms with E-state index in [2.05, 4.69) is 0 Å². The molecule has 3 heterocycles. The predicted octanol–water partition coefficient (Wildman–Crippen LogP) is 1.69. The normalized spacial score (nSPS) is 23.6. The third kappa shape index (κ3) is 7.14. The molecule has 0 aliphatic carbocycles. The van der Waals surface area contributed by atoms with E-state index >= 15 is 0 Å². The Hall–Kier alpha value is -6.24. The Morgan fingerprint density at radius 1 is 0.755 bits per heavy atom. The van der Waals surface area contributed by atoms with E-state index in [0.29, 0.717) is 16.7 Å². The second kappa shape index (κ2) is 14.4. The van der Waals surface area contributed by atoms with Crippen LogP contribution in [0.1, 0.15) is 17.2 Å². The molecule has 0 unspecified atom stereocenters. The topological polar surface area (TPSA) is 298 Å². The first-order valence-electron chi connectivity index (χ1n) is 15.7. The lowest BCUT2D eigenvalue weighted by atomic mass is 9.94. The fraction of sp³-hybridized carbons (Fsp3) is 0.222. The number of ether oxygens (including phenoxy) is 3. The van der Waals surface area contributed by atoms with E-state index < -0.39 is 71.6 Å². The smallest absolute Gasteiger partial charge is 0.335 e. The van der Waals surface area contributed by atoms with Crippen molar-refractivity contribution in [2.75, 3.05) is 0 Å². The second-order valence-corrected chi connectivity index (χ2v) is 12.1. The molecular weight excluding hydrogens is 704 g/mol. The molecule has 1 saturated heterocycles. The number of phenols is 6. The molecular formula is C36H32O17. The minimum Gasteiger partial charge on any atom is -0.508 e. The Labute approximate surface area is 297 Å². The van der Waals surface area contributed by atoms with Crippen LogP contribution >= 0.6 is 0 Å². The predicted molar refractivity (Wildman–Crippen MR) is 179 cm³/mol. The molecule has 0 amide bonds. The lowest BCUT2D eigenvalue weighted by Crippen LogP contribution is -2.61. The van der Waals surface area contributed by atoms with E-state index in [1.807, 2.05) is 0 Å². The molecule has 0 radical (unpaired) electrons. The van der Waals surface area contributed by atoms with Gasteiger partial charge in [-0.2, -0.15) is 0 Å². The first-order chi connectivity index (χ1) is 25.1. The molecule has 53 heavy (non-hydrogen) atoms. The van der Waals surface area contributed by atoms with Crippen LogP contribution in [0, 0.1) is 0 Å². The Morgan fingerprint density at radius 3 is 2.15 bits per heavy atom. The van der Waals surface area contributed by atoms with Gasteiger partial charge in [-0.25, -0.2) is 4.79 Å². The summed E-state index contributed by atoms with van der Waals surface area (Å²) in [5.74, 6) is -4.35. The van der Waals surface area contributed by atoms with Crippen LogP contribution in [0.25, 0.3) is 22.3 Å². The second-order valence-electron chi connectivity index (χ2n) is 12.1. The molecule has 17 heteroatoms. The van der Waals surface area contributed by atoms with Gasteiger partial charge in [0.05, 0.1) is 6.10 Å². The maximum atomic E-state index is 12.5. The summed E-state index contributed by atoms with van der Waals surface area (Å²) in [7, 11) is 0. The molecule has 0 spiro atoms. The van der Waals surface area contributed by atoms with E-state index in [-0.39, 0.29) is 51.9 Å². The number of aliphatic hydroxyl groups is 4. The van der Waals surface area contributed by atoms with Crippen molar-refractivity contribution < 1.29 is 79.6 Å². The Bertz CT molecular complexity index is 2220. The van der Waals surface area contributed by atoms with Crippen molar-refractivity contribution in [3.05, 3.63) is 94.1 Å². The fourth-order valence-electron chi connectivity index (χ4n) is 5.84. The average Bonchev–Trinajstić information content (AvgIpc) is 3.12. The summed E-state index contributed by atoms with van der Waals surface area (Å²) in [5, 5.41) is 108. The zero-order chi connectivity index (χ0) is 38.3. The maximum absolute atomic E-state index is 12.5. The fourth-order valence-corrected chi connectivity index (χ4v) is 5.84. The SMILES string of the molecule is O=C(O)[C@H]1O[C@@H](Oc2cc3oc(-c4ccccc4)cc(=O)c3c(O)c2O)[C@H](O)[C@@H](O)[C@@H]1O.Oc1cc(O)c2c(c1)O[C@H](c1ccc(O)c(O)c1)[C@@H](O)C2. The van der Waals surface area contributed by atoms with Crippen molar-refractivity contribution in [3.63, 3.8) is 0 Å². The van der Waals surface area contributed by atoms with Crippen LogP contribution in [0.3, 0.4) is 0 Å². The molecule has 278 valence electrons.